The Labute approximate surface area is 178 Å². The molecule has 1 saturated heterocycles. The zero-order valence-corrected chi connectivity index (χ0v) is 16.8. The third-order valence-corrected chi connectivity index (χ3v) is 4.86. The lowest BCUT2D eigenvalue weighted by Gasteiger charge is -2.32. The first-order valence-corrected chi connectivity index (χ1v) is 9.91. The lowest BCUT2D eigenvalue weighted by Crippen LogP contribution is -2.44. The summed E-state index contributed by atoms with van der Waals surface area (Å²) in [6, 6.07) is 12.9. The summed E-state index contributed by atoms with van der Waals surface area (Å²) in [4.78, 5) is 22.9. The standard InChI is InChI=1S/C22H19ClFN3O3/c23-16-12-25-22(26-13-16)30-20-5-2-10-27(14-20)21(28)15-3-1-4-19(11-15)29-18-8-6-17(24)7-9-18/h1,3-4,6-9,11-13,20H,2,5,10,14H2. The van der Waals surface area contributed by atoms with E-state index in [2.05, 4.69) is 9.97 Å². The number of amides is 1. The summed E-state index contributed by atoms with van der Waals surface area (Å²) in [5.41, 5.74) is 0.512. The first kappa shape index (κ1) is 20.1. The average molecular weight is 428 g/mol. The van der Waals surface area contributed by atoms with Crippen LogP contribution in [0.4, 0.5) is 4.39 Å². The highest BCUT2D eigenvalue weighted by Gasteiger charge is 2.26. The number of rotatable bonds is 5. The van der Waals surface area contributed by atoms with Crippen LogP contribution in [0, 0.1) is 5.82 Å². The van der Waals surface area contributed by atoms with Gasteiger partial charge in [-0.1, -0.05) is 17.7 Å². The molecule has 3 aromatic rings. The van der Waals surface area contributed by atoms with Gasteiger partial charge in [0.25, 0.3) is 5.91 Å². The number of piperidine rings is 1. The van der Waals surface area contributed by atoms with Crippen LogP contribution >= 0.6 is 11.6 Å². The van der Waals surface area contributed by atoms with Crippen LogP contribution in [0.1, 0.15) is 23.2 Å². The summed E-state index contributed by atoms with van der Waals surface area (Å²) in [5.74, 6) is 0.560. The molecule has 0 bridgehead atoms. The maximum absolute atomic E-state index is 13.1. The maximum Gasteiger partial charge on any atom is 0.316 e. The lowest BCUT2D eigenvalue weighted by molar-refractivity contribution is 0.0515. The molecule has 1 atom stereocenters. The summed E-state index contributed by atoms with van der Waals surface area (Å²) in [6.45, 7) is 1.08. The summed E-state index contributed by atoms with van der Waals surface area (Å²) >= 11 is 5.80. The molecule has 0 saturated carbocycles. The van der Waals surface area contributed by atoms with E-state index in [9.17, 15) is 9.18 Å². The van der Waals surface area contributed by atoms with E-state index in [0.29, 0.717) is 35.2 Å². The third kappa shape index (κ3) is 5.04. The van der Waals surface area contributed by atoms with Gasteiger partial charge in [-0.3, -0.25) is 4.79 Å². The van der Waals surface area contributed by atoms with Crippen LogP contribution in [0.15, 0.2) is 60.9 Å². The van der Waals surface area contributed by atoms with Crippen LogP contribution < -0.4 is 9.47 Å². The predicted molar refractivity (Wildman–Crippen MR) is 110 cm³/mol. The fraction of sp³-hybridized carbons (Fsp3) is 0.227. The van der Waals surface area contributed by atoms with E-state index in [-0.39, 0.29) is 23.8 Å². The van der Waals surface area contributed by atoms with E-state index in [4.69, 9.17) is 21.1 Å². The Hall–Kier alpha value is -3.19. The molecule has 30 heavy (non-hydrogen) atoms. The van der Waals surface area contributed by atoms with Gasteiger partial charge in [0.15, 0.2) is 0 Å². The van der Waals surface area contributed by atoms with Gasteiger partial charge in [0, 0.05) is 12.1 Å². The minimum Gasteiger partial charge on any atom is -0.458 e. The van der Waals surface area contributed by atoms with Crippen molar-refractivity contribution in [1.82, 2.24) is 14.9 Å². The quantitative estimate of drug-likeness (QED) is 0.588. The molecule has 2 aromatic carbocycles. The van der Waals surface area contributed by atoms with Crippen molar-refractivity contribution in [3.05, 3.63) is 77.3 Å². The van der Waals surface area contributed by atoms with Gasteiger partial charge in [0.1, 0.15) is 23.4 Å². The van der Waals surface area contributed by atoms with Gasteiger partial charge in [-0.15, -0.1) is 0 Å². The Morgan fingerprint density at radius 2 is 1.87 bits per heavy atom. The van der Waals surface area contributed by atoms with Crippen LogP contribution in [0.3, 0.4) is 0 Å². The van der Waals surface area contributed by atoms with Crippen molar-refractivity contribution in [1.29, 1.82) is 0 Å². The topological polar surface area (TPSA) is 64.5 Å². The van der Waals surface area contributed by atoms with Crippen molar-refractivity contribution in [3.63, 3.8) is 0 Å². The SMILES string of the molecule is O=C(c1cccc(Oc2ccc(F)cc2)c1)N1CCCC(Oc2ncc(Cl)cn2)C1. The second kappa shape index (κ2) is 9.09. The number of hydrogen-bond donors (Lipinski definition) is 0. The first-order chi connectivity index (χ1) is 14.6. The molecule has 1 aliphatic heterocycles. The molecule has 154 valence electrons. The molecule has 1 unspecified atom stereocenters. The number of carbonyl (C=O) groups is 1. The van der Waals surface area contributed by atoms with Gasteiger partial charge in [0.05, 0.1) is 24.0 Å². The number of ether oxygens (including phenoxy) is 2. The fourth-order valence-electron chi connectivity index (χ4n) is 3.24. The molecule has 0 spiro atoms. The zero-order valence-electron chi connectivity index (χ0n) is 16.0. The molecule has 1 amide bonds. The number of hydrogen-bond acceptors (Lipinski definition) is 5. The monoisotopic (exact) mass is 427 g/mol. The molecule has 1 aliphatic rings. The molecular formula is C22H19ClFN3O3. The number of halogens is 2. The number of aromatic nitrogens is 2. The number of nitrogens with zero attached hydrogens (tertiary/aromatic N) is 3. The first-order valence-electron chi connectivity index (χ1n) is 9.54. The van der Waals surface area contributed by atoms with E-state index >= 15 is 0 Å². The lowest BCUT2D eigenvalue weighted by atomic mass is 10.1. The predicted octanol–water partition coefficient (Wildman–Crippen LogP) is 4.75. The molecule has 4 rings (SSSR count). The molecule has 1 aromatic heterocycles. The molecule has 0 aliphatic carbocycles. The van der Waals surface area contributed by atoms with Gasteiger partial charge < -0.3 is 14.4 Å². The van der Waals surface area contributed by atoms with Crippen LogP contribution in [0.25, 0.3) is 0 Å². The minimum absolute atomic E-state index is 0.107. The van der Waals surface area contributed by atoms with E-state index in [1.165, 1.54) is 36.7 Å². The summed E-state index contributed by atoms with van der Waals surface area (Å²) in [5, 5.41) is 0.436. The van der Waals surface area contributed by atoms with E-state index in [1.807, 2.05) is 0 Å². The Morgan fingerprint density at radius 3 is 2.63 bits per heavy atom. The zero-order chi connectivity index (χ0) is 20.9. The van der Waals surface area contributed by atoms with E-state index in [0.717, 1.165) is 12.8 Å². The summed E-state index contributed by atoms with van der Waals surface area (Å²) in [6.07, 6.45) is 4.38. The largest absolute Gasteiger partial charge is 0.458 e. The minimum atomic E-state index is -0.336. The Morgan fingerprint density at radius 1 is 1.10 bits per heavy atom. The molecule has 1 fully saturated rings. The number of benzene rings is 2. The number of likely N-dealkylation sites (tertiary alicyclic amines) is 1. The molecular weight excluding hydrogens is 409 g/mol. The normalized spacial score (nSPS) is 16.2. The van der Waals surface area contributed by atoms with E-state index < -0.39 is 0 Å². The van der Waals surface area contributed by atoms with Crippen LogP contribution in [-0.2, 0) is 0 Å². The number of carbonyl (C=O) groups excluding carboxylic acids is 1. The Balaban J connectivity index is 1.41. The molecule has 8 heteroatoms. The average Bonchev–Trinajstić information content (AvgIpc) is 2.77. The van der Waals surface area contributed by atoms with Crippen molar-refractivity contribution in [2.45, 2.75) is 18.9 Å². The summed E-state index contributed by atoms with van der Waals surface area (Å²) < 4.78 is 24.6. The maximum atomic E-state index is 13.1. The van der Waals surface area contributed by atoms with Crippen LogP contribution in [0.2, 0.25) is 5.02 Å². The van der Waals surface area contributed by atoms with Crippen molar-refractivity contribution >= 4 is 17.5 Å². The van der Waals surface area contributed by atoms with Gasteiger partial charge in [-0.2, -0.15) is 0 Å². The second-order valence-corrected chi connectivity index (χ2v) is 7.34. The van der Waals surface area contributed by atoms with Crippen LogP contribution in [0.5, 0.6) is 17.5 Å². The van der Waals surface area contributed by atoms with Crippen molar-refractivity contribution in [2.24, 2.45) is 0 Å². The molecule has 0 radical (unpaired) electrons. The highest BCUT2D eigenvalue weighted by atomic mass is 35.5. The highest BCUT2D eigenvalue weighted by molar-refractivity contribution is 6.30. The van der Waals surface area contributed by atoms with Gasteiger partial charge in [-0.25, -0.2) is 14.4 Å². The van der Waals surface area contributed by atoms with Gasteiger partial charge in [-0.05, 0) is 55.3 Å². The third-order valence-electron chi connectivity index (χ3n) is 4.66. The molecule has 2 heterocycles. The van der Waals surface area contributed by atoms with Crippen molar-refractivity contribution in [2.75, 3.05) is 13.1 Å². The summed E-state index contributed by atoms with van der Waals surface area (Å²) in [7, 11) is 0. The van der Waals surface area contributed by atoms with Gasteiger partial charge >= 0.3 is 6.01 Å². The molecule has 0 N–H and O–H groups in total. The highest BCUT2D eigenvalue weighted by Crippen LogP contribution is 2.24. The second-order valence-electron chi connectivity index (χ2n) is 6.90. The van der Waals surface area contributed by atoms with E-state index in [1.54, 1.807) is 29.2 Å². The Bertz CT molecular complexity index is 1010. The van der Waals surface area contributed by atoms with Crippen molar-refractivity contribution in [3.8, 4) is 17.5 Å². The van der Waals surface area contributed by atoms with Crippen LogP contribution in [-0.4, -0.2) is 40.0 Å². The fourth-order valence-corrected chi connectivity index (χ4v) is 3.34. The smallest absolute Gasteiger partial charge is 0.316 e. The van der Waals surface area contributed by atoms with Gasteiger partial charge in [0.2, 0.25) is 0 Å². The Kier molecular flexibility index (Phi) is 6.09. The van der Waals surface area contributed by atoms with Crippen molar-refractivity contribution < 1.29 is 18.7 Å². The molecule has 6 nitrogen and oxygen atoms in total.